The fourth-order valence-corrected chi connectivity index (χ4v) is 6.77. The van der Waals surface area contributed by atoms with Crippen LogP contribution in [0, 0.1) is 11.8 Å². The quantitative estimate of drug-likeness (QED) is 0.580. The van der Waals surface area contributed by atoms with E-state index in [-0.39, 0.29) is 8.17 Å². The zero-order chi connectivity index (χ0) is 11.6. The van der Waals surface area contributed by atoms with Gasteiger partial charge in [-0.15, -0.1) is 11.8 Å². The molecule has 4 heteroatoms. The van der Waals surface area contributed by atoms with Crippen LogP contribution in [-0.4, -0.2) is 19.5 Å². The van der Waals surface area contributed by atoms with Crippen LogP contribution in [-0.2, 0) is 4.74 Å². The van der Waals surface area contributed by atoms with Crippen molar-refractivity contribution in [2.45, 2.75) is 59.1 Å². The number of alkyl halides is 2. The average molecular weight is 370 g/mol. The minimum Gasteiger partial charge on any atom is -0.361 e. The molecular formula is C12H18Br2OS. The molecule has 0 aromatic heterocycles. The Bertz CT molecular complexity index is 277. The topological polar surface area (TPSA) is 9.23 Å². The Labute approximate surface area is 119 Å². The second-order valence-electron chi connectivity index (χ2n) is 5.75. The molecule has 0 bridgehead atoms. The monoisotopic (exact) mass is 368 g/mol. The molecule has 1 aliphatic heterocycles. The molecule has 3 aliphatic rings. The minimum absolute atomic E-state index is 0.0454. The van der Waals surface area contributed by atoms with Gasteiger partial charge in [-0.25, -0.2) is 0 Å². The highest BCUT2D eigenvalue weighted by Gasteiger charge is 2.62. The summed E-state index contributed by atoms with van der Waals surface area (Å²) >= 11 is 9.68. The predicted octanol–water partition coefficient (Wildman–Crippen LogP) is 4.53. The largest absolute Gasteiger partial charge is 0.361 e. The van der Waals surface area contributed by atoms with Gasteiger partial charge in [0.1, 0.15) is 4.93 Å². The summed E-state index contributed by atoms with van der Waals surface area (Å²) in [6, 6.07) is 0. The van der Waals surface area contributed by atoms with Gasteiger partial charge in [0.2, 0.25) is 0 Å². The van der Waals surface area contributed by atoms with E-state index in [2.05, 4.69) is 45.7 Å². The lowest BCUT2D eigenvalue weighted by Crippen LogP contribution is -2.23. The van der Waals surface area contributed by atoms with Crippen LogP contribution >= 0.6 is 43.6 Å². The normalized spacial score (nSPS) is 48.8. The molecule has 0 N–H and O–H groups in total. The number of fused-ring (bicyclic) bond motifs is 2. The van der Waals surface area contributed by atoms with Crippen LogP contribution in [0.15, 0.2) is 0 Å². The summed E-state index contributed by atoms with van der Waals surface area (Å²) in [5.41, 5.74) is 0. The van der Waals surface area contributed by atoms with Gasteiger partial charge in [0.05, 0.1) is 9.34 Å². The van der Waals surface area contributed by atoms with Crippen molar-refractivity contribution in [1.29, 1.82) is 0 Å². The SMILES string of the molecule is CC1(C)O[C@@H]2CC[C@@H]3[C@H](CC[C@@H]2S1)C3(Br)Br. The molecule has 2 aliphatic carbocycles. The number of ether oxygens (including phenoxy) is 1. The third kappa shape index (κ3) is 2.02. The molecule has 1 nitrogen and oxygen atoms in total. The first-order valence-corrected chi connectivity index (χ1v) is 8.60. The van der Waals surface area contributed by atoms with Gasteiger partial charge in [-0.2, -0.15) is 0 Å². The summed E-state index contributed by atoms with van der Waals surface area (Å²) < 4.78 is 6.42. The molecule has 3 fully saturated rings. The molecule has 3 rings (SSSR count). The third-order valence-electron chi connectivity index (χ3n) is 4.17. The lowest BCUT2D eigenvalue weighted by molar-refractivity contribution is -0.00317. The highest BCUT2D eigenvalue weighted by Crippen LogP contribution is 2.67. The molecule has 0 aromatic rings. The van der Waals surface area contributed by atoms with Crippen molar-refractivity contribution in [2.75, 3.05) is 0 Å². The highest BCUT2D eigenvalue weighted by atomic mass is 79.9. The number of rotatable bonds is 0. The van der Waals surface area contributed by atoms with Gasteiger partial charge in [0, 0.05) is 5.25 Å². The van der Waals surface area contributed by atoms with E-state index in [9.17, 15) is 0 Å². The van der Waals surface area contributed by atoms with Crippen molar-refractivity contribution in [3.8, 4) is 0 Å². The maximum absolute atomic E-state index is 6.16. The number of hydrogen-bond donors (Lipinski definition) is 0. The summed E-state index contributed by atoms with van der Waals surface area (Å²) in [5.74, 6) is 1.67. The second kappa shape index (κ2) is 3.88. The van der Waals surface area contributed by atoms with Gasteiger partial charge in [0.15, 0.2) is 0 Å². The smallest absolute Gasteiger partial charge is 0.108 e. The molecule has 0 aromatic carbocycles. The Morgan fingerprint density at radius 3 is 2.38 bits per heavy atom. The van der Waals surface area contributed by atoms with Crippen LogP contribution in [0.25, 0.3) is 0 Å². The molecule has 16 heavy (non-hydrogen) atoms. The van der Waals surface area contributed by atoms with Crippen LogP contribution in [0.5, 0.6) is 0 Å². The summed E-state index contributed by atoms with van der Waals surface area (Å²) in [7, 11) is 0. The summed E-state index contributed by atoms with van der Waals surface area (Å²) in [5, 5.41) is 0.729. The molecule has 92 valence electrons. The fraction of sp³-hybridized carbons (Fsp3) is 1.00. The first-order chi connectivity index (χ1) is 7.40. The van der Waals surface area contributed by atoms with E-state index in [0.29, 0.717) is 6.10 Å². The average Bonchev–Trinajstić information content (AvgIpc) is 2.49. The van der Waals surface area contributed by atoms with E-state index in [0.717, 1.165) is 17.1 Å². The molecule has 2 saturated carbocycles. The van der Waals surface area contributed by atoms with E-state index in [4.69, 9.17) is 4.74 Å². The van der Waals surface area contributed by atoms with E-state index in [1.54, 1.807) is 0 Å². The molecule has 4 atom stereocenters. The van der Waals surface area contributed by atoms with Crippen molar-refractivity contribution in [1.82, 2.24) is 0 Å². The molecular weight excluding hydrogens is 352 g/mol. The number of hydrogen-bond acceptors (Lipinski definition) is 2. The second-order valence-corrected chi connectivity index (χ2v) is 11.3. The lowest BCUT2D eigenvalue weighted by Gasteiger charge is -2.20. The number of thioether (sulfide) groups is 1. The molecule has 0 spiro atoms. The van der Waals surface area contributed by atoms with E-state index >= 15 is 0 Å². The van der Waals surface area contributed by atoms with Gasteiger partial charge in [-0.1, -0.05) is 31.9 Å². The van der Waals surface area contributed by atoms with Crippen LogP contribution in [0.4, 0.5) is 0 Å². The Morgan fingerprint density at radius 2 is 1.69 bits per heavy atom. The third-order valence-corrected chi connectivity index (χ3v) is 8.03. The van der Waals surface area contributed by atoms with Crippen LogP contribution < -0.4 is 0 Å². The zero-order valence-electron chi connectivity index (χ0n) is 9.71. The highest BCUT2D eigenvalue weighted by molar-refractivity contribution is 9.25. The molecule has 1 saturated heterocycles. The maximum Gasteiger partial charge on any atom is 0.108 e. The van der Waals surface area contributed by atoms with Crippen molar-refractivity contribution in [2.24, 2.45) is 11.8 Å². The zero-order valence-corrected chi connectivity index (χ0v) is 13.7. The summed E-state index contributed by atoms with van der Waals surface area (Å²) in [4.78, 5) is 0.0454. The van der Waals surface area contributed by atoms with Crippen LogP contribution in [0.1, 0.15) is 39.5 Å². The number of halogens is 2. The lowest BCUT2D eigenvalue weighted by atomic mass is 9.98. The standard InChI is InChI=1S/C12H18Br2OS/c1-11(2)15-9-5-3-7-8(12(7,13)14)4-6-10(9)16-11/h7-10H,3-6H2,1-2H3/t7-,8+,9-,10+/m1/s1. The van der Waals surface area contributed by atoms with Gasteiger partial charge in [-0.3, -0.25) is 0 Å². The summed E-state index contributed by atoms with van der Waals surface area (Å²) in [6.45, 7) is 4.42. The van der Waals surface area contributed by atoms with Crippen LogP contribution in [0.3, 0.4) is 0 Å². The summed E-state index contributed by atoms with van der Waals surface area (Å²) in [6.07, 6.45) is 5.70. The molecule has 0 radical (unpaired) electrons. The van der Waals surface area contributed by atoms with E-state index in [1.807, 2.05) is 11.8 Å². The molecule has 0 unspecified atom stereocenters. The molecule has 1 heterocycles. The minimum atomic E-state index is 0.0454. The van der Waals surface area contributed by atoms with Crippen LogP contribution in [0.2, 0.25) is 0 Å². The van der Waals surface area contributed by atoms with E-state index in [1.165, 1.54) is 25.7 Å². The first-order valence-electron chi connectivity index (χ1n) is 6.13. The van der Waals surface area contributed by atoms with Gasteiger partial charge in [0.25, 0.3) is 0 Å². The fourth-order valence-electron chi connectivity index (χ4n) is 3.33. The van der Waals surface area contributed by atoms with Gasteiger partial charge < -0.3 is 4.74 Å². The Kier molecular flexibility index (Phi) is 2.99. The van der Waals surface area contributed by atoms with Gasteiger partial charge >= 0.3 is 0 Å². The Balaban J connectivity index is 1.69. The predicted molar refractivity (Wildman–Crippen MR) is 76.4 cm³/mol. The first kappa shape index (κ1) is 12.3. The van der Waals surface area contributed by atoms with Crippen molar-refractivity contribution in [3.63, 3.8) is 0 Å². The van der Waals surface area contributed by atoms with E-state index < -0.39 is 0 Å². The maximum atomic E-state index is 6.16. The Hall–Kier alpha value is 1.27. The molecule has 0 amide bonds. The van der Waals surface area contributed by atoms with Crippen molar-refractivity contribution in [3.05, 3.63) is 0 Å². The van der Waals surface area contributed by atoms with Gasteiger partial charge in [-0.05, 0) is 51.4 Å². The van der Waals surface area contributed by atoms with Crippen molar-refractivity contribution >= 4 is 43.6 Å². The van der Waals surface area contributed by atoms with Crippen molar-refractivity contribution < 1.29 is 4.74 Å². The Morgan fingerprint density at radius 1 is 1.06 bits per heavy atom.